The molecule has 1 aromatic rings. The second kappa shape index (κ2) is 5.60. The van der Waals surface area contributed by atoms with E-state index in [0.29, 0.717) is 31.0 Å². The number of nitrogens with one attached hydrogen (secondary N) is 1. The van der Waals surface area contributed by atoms with Gasteiger partial charge in [0.05, 0.1) is 6.26 Å². The second-order valence-corrected chi connectivity index (χ2v) is 6.43. The third kappa shape index (κ3) is 2.90. The topological polar surface area (TPSA) is 45.5 Å². The molecule has 2 atom stereocenters. The molecule has 1 N–H and O–H groups in total. The highest BCUT2D eigenvalue weighted by Gasteiger charge is 2.34. The van der Waals surface area contributed by atoms with Crippen molar-refractivity contribution in [2.45, 2.75) is 57.7 Å². The molecule has 4 heteroatoms. The molecule has 2 bridgehead atoms. The largest absolute Gasteiger partial charge is 0.469 e. The number of amides is 1. The molecule has 1 amide bonds. The monoisotopic (exact) mass is 276 g/mol. The molecule has 0 aliphatic carbocycles. The van der Waals surface area contributed by atoms with Crippen molar-refractivity contribution in [2.24, 2.45) is 5.92 Å². The van der Waals surface area contributed by atoms with Crippen molar-refractivity contribution in [1.29, 1.82) is 0 Å². The van der Waals surface area contributed by atoms with Gasteiger partial charge in [0.1, 0.15) is 5.76 Å². The van der Waals surface area contributed by atoms with Gasteiger partial charge in [0.15, 0.2) is 0 Å². The van der Waals surface area contributed by atoms with Crippen LogP contribution in [-0.2, 0) is 11.3 Å². The highest BCUT2D eigenvalue weighted by molar-refractivity contribution is 5.76. The third-order valence-corrected chi connectivity index (χ3v) is 4.83. The molecule has 0 saturated carbocycles. The fourth-order valence-electron chi connectivity index (χ4n) is 3.66. The number of furan rings is 1. The number of hydrogen-bond donors (Lipinski definition) is 1. The standard InChI is InChI=1S/C16H24N2O2/c1-11-13(5-6-20-11)10-18(2)16(19)9-12-7-14-3-4-15(8-12)17-14/h5-6,12,14-15,17H,3-4,7-10H2,1-2H3. The number of carbonyl (C=O) groups excluding carboxylic acids is 1. The normalized spacial score (nSPS) is 28.6. The summed E-state index contributed by atoms with van der Waals surface area (Å²) in [5, 5.41) is 3.63. The number of piperidine rings is 1. The Balaban J connectivity index is 1.52. The maximum Gasteiger partial charge on any atom is 0.222 e. The van der Waals surface area contributed by atoms with E-state index < -0.39 is 0 Å². The fraction of sp³-hybridized carbons (Fsp3) is 0.688. The van der Waals surface area contributed by atoms with Crippen LogP contribution in [0.1, 0.15) is 43.4 Å². The molecule has 2 saturated heterocycles. The predicted molar refractivity (Wildman–Crippen MR) is 77.2 cm³/mol. The maximum absolute atomic E-state index is 12.4. The lowest BCUT2D eigenvalue weighted by atomic mass is 9.89. The zero-order valence-electron chi connectivity index (χ0n) is 12.4. The molecule has 3 rings (SSSR count). The molecule has 2 unspecified atom stereocenters. The van der Waals surface area contributed by atoms with E-state index in [2.05, 4.69) is 5.32 Å². The highest BCUT2D eigenvalue weighted by Crippen LogP contribution is 2.33. The first-order valence-electron chi connectivity index (χ1n) is 7.65. The zero-order chi connectivity index (χ0) is 14.1. The smallest absolute Gasteiger partial charge is 0.222 e. The van der Waals surface area contributed by atoms with E-state index in [9.17, 15) is 4.79 Å². The molecule has 1 aromatic heterocycles. The SMILES string of the molecule is Cc1occc1CN(C)C(=O)CC1CC2CCC(C1)N2. The van der Waals surface area contributed by atoms with Crippen LogP contribution in [0.4, 0.5) is 0 Å². The first kappa shape index (κ1) is 13.7. The average molecular weight is 276 g/mol. The van der Waals surface area contributed by atoms with E-state index in [1.165, 1.54) is 25.7 Å². The minimum absolute atomic E-state index is 0.261. The summed E-state index contributed by atoms with van der Waals surface area (Å²) in [7, 11) is 1.89. The number of aryl methyl sites for hydroxylation is 1. The van der Waals surface area contributed by atoms with Crippen LogP contribution in [-0.4, -0.2) is 29.9 Å². The molecule has 0 spiro atoms. The van der Waals surface area contributed by atoms with Crippen molar-refractivity contribution in [3.05, 3.63) is 23.7 Å². The van der Waals surface area contributed by atoms with Crippen molar-refractivity contribution in [2.75, 3.05) is 7.05 Å². The van der Waals surface area contributed by atoms with Crippen molar-refractivity contribution >= 4 is 5.91 Å². The first-order valence-corrected chi connectivity index (χ1v) is 7.65. The summed E-state index contributed by atoms with van der Waals surface area (Å²) in [6.07, 6.45) is 7.30. The Morgan fingerprint density at radius 2 is 2.10 bits per heavy atom. The van der Waals surface area contributed by atoms with Gasteiger partial charge < -0.3 is 14.6 Å². The van der Waals surface area contributed by atoms with Crippen LogP contribution in [0.25, 0.3) is 0 Å². The van der Waals surface area contributed by atoms with Crippen LogP contribution in [0, 0.1) is 12.8 Å². The highest BCUT2D eigenvalue weighted by atomic mass is 16.3. The van der Waals surface area contributed by atoms with Gasteiger partial charge in [-0.25, -0.2) is 0 Å². The number of nitrogens with zero attached hydrogens (tertiary/aromatic N) is 1. The quantitative estimate of drug-likeness (QED) is 0.919. The Morgan fingerprint density at radius 1 is 1.40 bits per heavy atom. The Kier molecular flexibility index (Phi) is 3.83. The van der Waals surface area contributed by atoms with E-state index in [0.717, 1.165) is 11.3 Å². The summed E-state index contributed by atoms with van der Waals surface area (Å²) < 4.78 is 5.29. The summed E-state index contributed by atoms with van der Waals surface area (Å²) in [6, 6.07) is 3.27. The summed E-state index contributed by atoms with van der Waals surface area (Å²) in [5.74, 6) is 1.73. The fourth-order valence-corrected chi connectivity index (χ4v) is 3.66. The molecular formula is C16H24N2O2. The Hall–Kier alpha value is -1.29. The molecular weight excluding hydrogens is 252 g/mol. The molecule has 0 radical (unpaired) electrons. The van der Waals surface area contributed by atoms with Crippen molar-refractivity contribution in [3.8, 4) is 0 Å². The van der Waals surface area contributed by atoms with Crippen molar-refractivity contribution < 1.29 is 9.21 Å². The molecule has 2 aliphatic heterocycles. The van der Waals surface area contributed by atoms with Gasteiger partial charge in [-0.3, -0.25) is 4.79 Å². The number of rotatable bonds is 4. The Labute approximate surface area is 120 Å². The van der Waals surface area contributed by atoms with Gasteiger partial charge in [0.25, 0.3) is 0 Å². The molecule has 20 heavy (non-hydrogen) atoms. The third-order valence-electron chi connectivity index (χ3n) is 4.83. The van der Waals surface area contributed by atoms with E-state index in [-0.39, 0.29) is 5.91 Å². The average Bonchev–Trinajstić information content (AvgIpc) is 2.96. The summed E-state index contributed by atoms with van der Waals surface area (Å²) >= 11 is 0. The minimum Gasteiger partial charge on any atom is -0.469 e. The van der Waals surface area contributed by atoms with Crippen LogP contribution in [0.2, 0.25) is 0 Å². The van der Waals surface area contributed by atoms with E-state index in [1.807, 2.05) is 24.9 Å². The van der Waals surface area contributed by atoms with Gasteiger partial charge in [-0.2, -0.15) is 0 Å². The lowest BCUT2D eigenvalue weighted by Crippen LogP contribution is -2.39. The maximum atomic E-state index is 12.4. The van der Waals surface area contributed by atoms with Crippen LogP contribution in [0.15, 0.2) is 16.7 Å². The summed E-state index contributed by atoms with van der Waals surface area (Å²) in [6.45, 7) is 2.59. The molecule has 110 valence electrons. The second-order valence-electron chi connectivity index (χ2n) is 6.43. The summed E-state index contributed by atoms with van der Waals surface area (Å²) in [4.78, 5) is 14.2. The van der Waals surface area contributed by atoms with E-state index in [4.69, 9.17) is 4.42 Å². The van der Waals surface area contributed by atoms with Gasteiger partial charge in [0.2, 0.25) is 5.91 Å². The number of carbonyl (C=O) groups is 1. The Bertz CT molecular complexity index is 471. The molecule has 2 fully saturated rings. The summed E-state index contributed by atoms with van der Waals surface area (Å²) in [5.41, 5.74) is 1.10. The zero-order valence-corrected chi connectivity index (χ0v) is 12.4. The molecule has 4 nitrogen and oxygen atoms in total. The van der Waals surface area contributed by atoms with E-state index in [1.54, 1.807) is 6.26 Å². The molecule has 2 aliphatic rings. The van der Waals surface area contributed by atoms with E-state index >= 15 is 0 Å². The van der Waals surface area contributed by atoms with Crippen molar-refractivity contribution in [3.63, 3.8) is 0 Å². The Morgan fingerprint density at radius 3 is 2.70 bits per heavy atom. The van der Waals surface area contributed by atoms with Crippen LogP contribution in [0.5, 0.6) is 0 Å². The van der Waals surface area contributed by atoms with Gasteiger partial charge in [0, 0.05) is 37.7 Å². The van der Waals surface area contributed by atoms with Gasteiger partial charge in [-0.15, -0.1) is 0 Å². The van der Waals surface area contributed by atoms with Gasteiger partial charge in [-0.1, -0.05) is 0 Å². The van der Waals surface area contributed by atoms with Gasteiger partial charge in [-0.05, 0) is 44.6 Å². The van der Waals surface area contributed by atoms with Crippen LogP contribution < -0.4 is 5.32 Å². The lowest BCUT2D eigenvalue weighted by Gasteiger charge is -2.29. The molecule has 0 aromatic carbocycles. The predicted octanol–water partition coefficient (Wildman–Crippen LogP) is 2.47. The molecule has 3 heterocycles. The first-order chi connectivity index (χ1) is 9.61. The lowest BCUT2D eigenvalue weighted by molar-refractivity contribution is -0.131. The van der Waals surface area contributed by atoms with Crippen LogP contribution in [0.3, 0.4) is 0 Å². The number of hydrogen-bond acceptors (Lipinski definition) is 3. The number of fused-ring (bicyclic) bond motifs is 2. The van der Waals surface area contributed by atoms with Crippen molar-refractivity contribution in [1.82, 2.24) is 10.2 Å². The minimum atomic E-state index is 0.261. The van der Waals surface area contributed by atoms with Crippen LogP contribution >= 0.6 is 0 Å². The van der Waals surface area contributed by atoms with Gasteiger partial charge >= 0.3 is 0 Å².